The van der Waals surface area contributed by atoms with E-state index in [-0.39, 0.29) is 11.2 Å². The third-order valence-corrected chi connectivity index (χ3v) is 5.17. The molecule has 7 nitrogen and oxygen atoms in total. The molecule has 27 heavy (non-hydrogen) atoms. The van der Waals surface area contributed by atoms with Crippen LogP contribution in [0.2, 0.25) is 0 Å². The Kier molecular flexibility index (Phi) is 4.88. The van der Waals surface area contributed by atoms with E-state index < -0.39 is 0 Å². The minimum atomic E-state index is -0.236. The molecule has 8 heteroatoms. The van der Waals surface area contributed by atoms with Crippen molar-refractivity contribution in [3.8, 4) is 0 Å². The molecule has 0 saturated carbocycles. The predicted octanol–water partition coefficient (Wildman–Crippen LogP) is 2.11. The second-order valence-corrected chi connectivity index (χ2v) is 6.94. The number of fused-ring (bicyclic) bond motifs is 1. The van der Waals surface area contributed by atoms with Crippen LogP contribution in [0.25, 0.3) is 5.65 Å². The molecule has 0 aliphatic carbocycles. The van der Waals surface area contributed by atoms with E-state index in [0.29, 0.717) is 28.8 Å². The average Bonchev–Trinajstić information content (AvgIpc) is 3.05. The zero-order valence-electron chi connectivity index (χ0n) is 14.4. The Labute approximate surface area is 158 Å². The zero-order chi connectivity index (χ0) is 18.6. The number of benzene rings is 1. The number of pyridine rings is 1. The molecular formula is C19H17N5O2S. The Hall–Kier alpha value is -3.13. The molecule has 3 heterocycles. The summed E-state index contributed by atoms with van der Waals surface area (Å²) < 4.78 is 3.12. The fraction of sp³-hybridized carbons (Fsp3) is 0.158. The minimum Gasteiger partial charge on any atom is -0.270 e. The lowest BCUT2D eigenvalue weighted by molar-refractivity contribution is 0.616. The minimum absolute atomic E-state index is 0.125. The van der Waals surface area contributed by atoms with Crippen molar-refractivity contribution in [2.75, 3.05) is 0 Å². The number of aromatic amines is 1. The van der Waals surface area contributed by atoms with Gasteiger partial charge in [-0.05, 0) is 24.1 Å². The van der Waals surface area contributed by atoms with Gasteiger partial charge in [0.15, 0.2) is 5.16 Å². The summed E-state index contributed by atoms with van der Waals surface area (Å²) in [6, 6.07) is 16.9. The average molecular weight is 379 g/mol. The number of hydrogen-bond acceptors (Lipinski definition) is 5. The second-order valence-electron chi connectivity index (χ2n) is 6.00. The molecule has 3 aromatic heterocycles. The van der Waals surface area contributed by atoms with Gasteiger partial charge in [-0.2, -0.15) is 0 Å². The number of nitrogens with zero attached hydrogens (tertiary/aromatic N) is 4. The van der Waals surface area contributed by atoms with Crippen LogP contribution in [-0.4, -0.2) is 24.1 Å². The van der Waals surface area contributed by atoms with E-state index in [9.17, 15) is 9.59 Å². The van der Waals surface area contributed by atoms with E-state index in [0.717, 1.165) is 12.0 Å². The summed E-state index contributed by atoms with van der Waals surface area (Å²) in [5.74, 6) is 0.455. The van der Waals surface area contributed by atoms with Gasteiger partial charge in [-0.15, -0.1) is 5.10 Å². The van der Waals surface area contributed by atoms with Crippen molar-refractivity contribution in [3.05, 3.63) is 92.9 Å². The molecule has 4 rings (SSSR count). The topological polar surface area (TPSA) is 85.1 Å². The number of aryl methyl sites for hydroxylation is 1. The monoisotopic (exact) mass is 379 g/mol. The van der Waals surface area contributed by atoms with Crippen molar-refractivity contribution >= 4 is 17.4 Å². The van der Waals surface area contributed by atoms with E-state index >= 15 is 0 Å². The first-order chi connectivity index (χ1) is 13.2. The predicted molar refractivity (Wildman–Crippen MR) is 104 cm³/mol. The number of rotatable bonds is 6. The molecule has 1 aromatic carbocycles. The van der Waals surface area contributed by atoms with Crippen LogP contribution < -0.4 is 11.2 Å². The molecule has 136 valence electrons. The maximum Gasteiger partial charge on any atom is 0.343 e. The molecule has 0 aliphatic heterocycles. The summed E-state index contributed by atoms with van der Waals surface area (Å²) in [5.41, 5.74) is 2.05. The van der Waals surface area contributed by atoms with Gasteiger partial charge in [0.1, 0.15) is 5.65 Å². The molecule has 0 atom stereocenters. The molecule has 0 unspecified atom stereocenters. The molecule has 0 spiro atoms. The van der Waals surface area contributed by atoms with Gasteiger partial charge in [0, 0.05) is 24.6 Å². The van der Waals surface area contributed by atoms with Crippen LogP contribution in [0.4, 0.5) is 0 Å². The van der Waals surface area contributed by atoms with E-state index in [1.807, 2.05) is 36.4 Å². The largest absolute Gasteiger partial charge is 0.343 e. The Bertz CT molecular complexity index is 1180. The molecule has 0 bridgehead atoms. The van der Waals surface area contributed by atoms with Gasteiger partial charge in [0.25, 0.3) is 5.56 Å². The number of aromatic nitrogens is 5. The highest BCUT2D eigenvalue weighted by Gasteiger charge is 2.10. The van der Waals surface area contributed by atoms with Crippen molar-refractivity contribution < 1.29 is 0 Å². The summed E-state index contributed by atoms with van der Waals surface area (Å²) in [6.07, 6.45) is 2.43. The Morgan fingerprint density at radius 1 is 1.04 bits per heavy atom. The van der Waals surface area contributed by atoms with Crippen molar-refractivity contribution in [1.82, 2.24) is 24.1 Å². The zero-order valence-corrected chi connectivity index (χ0v) is 15.2. The first-order valence-electron chi connectivity index (χ1n) is 8.50. The van der Waals surface area contributed by atoms with Crippen LogP contribution in [0.1, 0.15) is 11.3 Å². The maximum atomic E-state index is 12.2. The SMILES string of the molecule is O=c1[nH]nc(SCc2cc(=O)n3ccccc3n2)n1CCc1ccccc1. The molecule has 0 radical (unpaired) electrons. The standard InChI is InChI=1S/C19H17N5O2S/c25-17-12-15(20-16-8-4-5-10-23(16)17)13-27-19-22-21-18(26)24(19)11-9-14-6-2-1-3-7-14/h1-8,10,12H,9,11,13H2,(H,21,26). The van der Waals surface area contributed by atoms with E-state index in [1.54, 1.807) is 22.9 Å². The maximum absolute atomic E-state index is 12.2. The van der Waals surface area contributed by atoms with Crippen LogP contribution >= 0.6 is 11.8 Å². The van der Waals surface area contributed by atoms with E-state index in [1.165, 1.54) is 22.2 Å². The van der Waals surface area contributed by atoms with Gasteiger partial charge < -0.3 is 0 Å². The van der Waals surface area contributed by atoms with Gasteiger partial charge in [-0.25, -0.2) is 14.9 Å². The third kappa shape index (κ3) is 3.85. The van der Waals surface area contributed by atoms with Crippen LogP contribution in [0.3, 0.4) is 0 Å². The highest BCUT2D eigenvalue weighted by atomic mass is 32.2. The van der Waals surface area contributed by atoms with E-state index in [2.05, 4.69) is 15.2 Å². The molecule has 1 N–H and O–H groups in total. The first-order valence-corrected chi connectivity index (χ1v) is 9.48. The normalized spacial score (nSPS) is 11.1. The van der Waals surface area contributed by atoms with Crippen molar-refractivity contribution in [3.63, 3.8) is 0 Å². The Morgan fingerprint density at radius 2 is 1.85 bits per heavy atom. The lowest BCUT2D eigenvalue weighted by atomic mass is 10.1. The number of H-pyrrole nitrogens is 1. The molecule has 0 saturated heterocycles. The summed E-state index contributed by atoms with van der Waals surface area (Å²) in [5, 5.41) is 7.20. The Balaban J connectivity index is 1.50. The van der Waals surface area contributed by atoms with E-state index in [4.69, 9.17) is 0 Å². The summed E-state index contributed by atoms with van der Waals surface area (Å²) in [4.78, 5) is 28.7. The van der Waals surface area contributed by atoms with Crippen LogP contribution in [0.15, 0.2) is 75.5 Å². The van der Waals surface area contributed by atoms with Crippen molar-refractivity contribution in [1.29, 1.82) is 0 Å². The van der Waals surface area contributed by atoms with Gasteiger partial charge in [-0.3, -0.25) is 13.8 Å². The fourth-order valence-electron chi connectivity index (χ4n) is 2.81. The third-order valence-electron chi connectivity index (χ3n) is 4.16. The summed E-state index contributed by atoms with van der Waals surface area (Å²) >= 11 is 1.38. The number of hydrogen-bond donors (Lipinski definition) is 1. The van der Waals surface area contributed by atoms with Gasteiger partial charge in [-0.1, -0.05) is 48.2 Å². The lowest BCUT2D eigenvalue weighted by Gasteiger charge is -2.06. The smallest absolute Gasteiger partial charge is 0.270 e. The van der Waals surface area contributed by atoms with Crippen LogP contribution in [-0.2, 0) is 18.7 Å². The molecule has 4 aromatic rings. The molecule has 0 amide bonds. The lowest BCUT2D eigenvalue weighted by Crippen LogP contribution is -2.19. The first kappa shape index (κ1) is 17.3. The van der Waals surface area contributed by atoms with Crippen molar-refractivity contribution in [2.45, 2.75) is 23.9 Å². The number of thioether (sulfide) groups is 1. The second kappa shape index (κ2) is 7.63. The fourth-order valence-corrected chi connectivity index (χ4v) is 3.68. The van der Waals surface area contributed by atoms with Crippen LogP contribution in [0.5, 0.6) is 0 Å². The van der Waals surface area contributed by atoms with Crippen LogP contribution in [0, 0.1) is 0 Å². The highest BCUT2D eigenvalue weighted by Crippen LogP contribution is 2.18. The summed E-state index contributed by atoms with van der Waals surface area (Å²) in [6.45, 7) is 0.537. The molecule has 0 aliphatic rings. The van der Waals surface area contributed by atoms with Gasteiger partial charge in [0.2, 0.25) is 0 Å². The molecular weight excluding hydrogens is 362 g/mol. The Morgan fingerprint density at radius 3 is 2.70 bits per heavy atom. The van der Waals surface area contributed by atoms with Crippen molar-refractivity contribution in [2.24, 2.45) is 0 Å². The summed E-state index contributed by atoms with van der Waals surface area (Å²) in [7, 11) is 0. The quantitative estimate of drug-likeness (QED) is 0.519. The number of nitrogens with one attached hydrogen (secondary N) is 1. The van der Waals surface area contributed by atoms with Gasteiger partial charge in [0.05, 0.1) is 5.69 Å². The van der Waals surface area contributed by atoms with Gasteiger partial charge >= 0.3 is 5.69 Å². The molecule has 0 fully saturated rings. The highest BCUT2D eigenvalue weighted by molar-refractivity contribution is 7.98.